The van der Waals surface area contributed by atoms with Gasteiger partial charge in [0.05, 0.1) is 17.1 Å². The van der Waals surface area contributed by atoms with Gasteiger partial charge < -0.3 is 20.9 Å². The van der Waals surface area contributed by atoms with Gasteiger partial charge in [-0.05, 0) is 36.8 Å². The molecule has 0 radical (unpaired) electrons. The predicted molar refractivity (Wildman–Crippen MR) is 112 cm³/mol. The van der Waals surface area contributed by atoms with Gasteiger partial charge in [-0.25, -0.2) is 9.97 Å². The highest BCUT2D eigenvalue weighted by atomic mass is 15.1. The molecule has 2 aromatic carbocycles. The number of nitrogens with zero attached hydrogens (tertiary/aromatic N) is 3. The molecule has 0 fully saturated rings. The summed E-state index contributed by atoms with van der Waals surface area (Å²) in [5.41, 5.74) is 12.1. The highest BCUT2D eigenvalue weighted by molar-refractivity contribution is 5.95. The molecule has 2 heterocycles. The molecular formula is C21H22N6. The van der Waals surface area contributed by atoms with Crippen LogP contribution in [0.4, 0.5) is 23.0 Å². The van der Waals surface area contributed by atoms with Crippen LogP contribution < -0.4 is 16.4 Å². The van der Waals surface area contributed by atoms with Crippen molar-refractivity contribution in [3.05, 3.63) is 60.4 Å². The normalized spacial score (nSPS) is 11.4. The summed E-state index contributed by atoms with van der Waals surface area (Å²) in [5, 5.41) is 5.61. The summed E-state index contributed by atoms with van der Waals surface area (Å²) >= 11 is 0. The largest absolute Gasteiger partial charge is 0.397 e. The Morgan fingerprint density at radius 1 is 1.19 bits per heavy atom. The number of nitrogens with one attached hydrogen (secondary N) is 2. The van der Waals surface area contributed by atoms with Crippen molar-refractivity contribution in [1.82, 2.24) is 14.5 Å². The van der Waals surface area contributed by atoms with Crippen molar-refractivity contribution in [2.75, 3.05) is 23.4 Å². The molecule has 0 spiro atoms. The fraction of sp³-hybridized carbons (Fsp3) is 0.143. The maximum atomic E-state index is 7.67. The van der Waals surface area contributed by atoms with Crippen molar-refractivity contribution in [1.29, 1.82) is 0 Å². The SMILES string of the molecule is [2H]N(C)c1ccc(Nc2ncc(C)c(-c3cn(C)c4ccccc34)n2)cc1N. The molecule has 4 aromatic rings. The zero-order valence-corrected chi connectivity index (χ0v) is 15.6. The van der Waals surface area contributed by atoms with E-state index in [2.05, 4.69) is 33.2 Å². The highest BCUT2D eigenvalue weighted by Gasteiger charge is 2.13. The fourth-order valence-corrected chi connectivity index (χ4v) is 3.27. The molecule has 0 saturated carbocycles. The van der Waals surface area contributed by atoms with E-state index in [0.717, 1.165) is 33.4 Å². The number of nitrogen functional groups attached to an aromatic ring is 1. The quantitative estimate of drug-likeness (QED) is 0.473. The Kier molecular flexibility index (Phi) is 3.86. The fourth-order valence-electron chi connectivity index (χ4n) is 3.27. The number of hydrogen-bond acceptors (Lipinski definition) is 5. The minimum atomic E-state index is 0.500. The van der Waals surface area contributed by atoms with Gasteiger partial charge in [-0.1, -0.05) is 18.2 Å². The van der Waals surface area contributed by atoms with Gasteiger partial charge in [0.1, 0.15) is 0 Å². The minimum Gasteiger partial charge on any atom is -0.397 e. The molecule has 6 nitrogen and oxygen atoms in total. The third-order valence-corrected chi connectivity index (χ3v) is 4.65. The van der Waals surface area contributed by atoms with Crippen molar-refractivity contribution in [3.63, 3.8) is 0 Å². The molecule has 0 bridgehead atoms. The molecule has 4 N–H and O–H groups in total. The highest BCUT2D eigenvalue weighted by Crippen LogP contribution is 2.32. The monoisotopic (exact) mass is 359 g/mol. The number of anilines is 4. The first-order chi connectivity index (χ1) is 13.4. The Morgan fingerprint density at radius 2 is 2.00 bits per heavy atom. The van der Waals surface area contributed by atoms with Crippen molar-refractivity contribution < 1.29 is 1.41 Å². The van der Waals surface area contributed by atoms with Crippen LogP contribution in [0.15, 0.2) is 54.9 Å². The summed E-state index contributed by atoms with van der Waals surface area (Å²) in [4.78, 5) is 9.18. The first kappa shape index (κ1) is 15.7. The molecule has 27 heavy (non-hydrogen) atoms. The van der Waals surface area contributed by atoms with E-state index in [1.165, 1.54) is 5.31 Å². The van der Waals surface area contributed by atoms with Gasteiger partial charge in [0, 0.05) is 48.6 Å². The molecule has 2 aromatic heterocycles. The molecule has 0 aliphatic heterocycles. The molecule has 136 valence electrons. The van der Waals surface area contributed by atoms with Crippen LogP contribution in [0.2, 0.25) is 1.41 Å². The number of nitrogens with two attached hydrogens (primary N) is 1. The predicted octanol–water partition coefficient (Wildman–Crippen LogP) is 4.31. The Balaban J connectivity index is 1.73. The molecule has 4 rings (SSSR count). The number of para-hydroxylation sites is 1. The summed E-state index contributed by atoms with van der Waals surface area (Å²) in [6.45, 7) is 2.01. The molecule has 0 aliphatic rings. The number of benzene rings is 2. The number of hydrogen-bond donors (Lipinski definition) is 3. The molecule has 0 aliphatic carbocycles. The van der Waals surface area contributed by atoms with Crippen LogP contribution in [0.3, 0.4) is 0 Å². The van der Waals surface area contributed by atoms with Crippen LogP contribution in [-0.2, 0) is 7.05 Å². The van der Waals surface area contributed by atoms with Crippen LogP contribution in [0.1, 0.15) is 5.56 Å². The second-order valence-corrected chi connectivity index (χ2v) is 6.52. The molecular weight excluding hydrogens is 336 g/mol. The Morgan fingerprint density at radius 3 is 2.78 bits per heavy atom. The van der Waals surface area contributed by atoms with Gasteiger partial charge in [-0.2, -0.15) is 0 Å². The molecule has 0 atom stereocenters. The summed E-state index contributed by atoms with van der Waals surface area (Å²) in [6.07, 6.45) is 3.92. The van der Waals surface area contributed by atoms with Crippen molar-refractivity contribution in [2.24, 2.45) is 7.05 Å². The van der Waals surface area contributed by atoms with Gasteiger partial charge in [0.15, 0.2) is 1.41 Å². The van der Waals surface area contributed by atoms with Crippen LogP contribution in [-0.4, -0.2) is 21.6 Å². The number of rotatable bonds is 4. The van der Waals surface area contributed by atoms with E-state index < -0.39 is 0 Å². The van der Waals surface area contributed by atoms with Gasteiger partial charge >= 0.3 is 0 Å². The smallest absolute Gasteiger partial charge is 0.227 e. The van der Waals surface area contributed by atoms with Gasteiger partial charge in [0.25, 0.3) is 0 Å². The van der Waals surface area contributed by atoms with E-state index in [-0.39, 0.29) is 0 Å². The van der Waals surface area contributed by atoms with E-state index >= 15 is 0 Å². The lowest BCUT2D eigenvalue weighted by molar-refractivity contribution is 0.969. The van der Waals surface area contributed by atoms with Gasteiger partial charge in [-0.3, -0.25) is 0 Å². The molecule has 0 saturated heterocycles. The van der Waals surface area contributed by atoms with Gasteiger partial charge in [0.2, 0.25) is 5.95 Å². The third kappa shape index (κ3) is 3.06. The van der Waals surface area contributed by atoms with E-state index in [9.17, 15) is 0 Å². The summed E-state index contributed by atoms with van der Waals surface area (Å²) < 4.78 is 9.78. The van der Waals surface area contributed by atoms with Crippen molar-refractivity contribution in [2.45, 2.75) is 6.92 Å². The molecule has 0 unspecified atom stereocenters. The summed E-state index contributed by atoms with van der Waals surface area (Å²) in [5.74, 6) is 0.500. The standard InChI is InChI=1S/C21H22N6/c1-13-11-24-21(25-14-8-9-18(23-2)17(22)10-14)26-20(13)16-12-27(3)19-7-5-4-6-15(16)19/h4-12,23H,22H2,1-3H3,(H,24,25,26)/i/hD. The maximum Gasteiger partial charge on any atom is 0.227 e. The second-order valence-electron chi connectivity index (χ2n) is 6.52. The van der Waals surface area contributed by atoms with E-state index in [4.69, 9.17) is 12.1 Å². The van der Waals surface area contributed by atoms with Crippen molar-refractivity contribution >= 4 is 33.9 Å². The van der Waals surface area contributed by atoms with Gasteiger partial charge in [-0.15, -0.1) is 0 Å². The maximum absolute atomic E-state index is 7.67. The minimum absolute atomic E-state index is 0.500. The van der Waals surface area contributed by atoms with Crippen LogP contribution in [0.5, 0.6) is 0 Å². The molecule has 0 amide bonds. The van der Waals surface area contributed by atoms with Crippen LogP contribution in [0.25, 0.3) is 22.2 Å². The van der Waals surface area contributed by atoms with Crippen LogP contribution >= 0.6 is 0 Å². The Hall–Kier alpha value is -3.54. The average Bonchev–Trinajstić information content (AvgIpc) is 3.00. The van der Waals surface area contributed by atoms with E-state index in [1.807, 2.05) is 38.4 Å². The zero-order chi connectivity index (χ0) is 19.8. The Labute approximate surface area is 159 Å². The second kappa shape index (κ2) is 6.64. The third-order valence-electron chi connectivity index (χ3n) is 4.65. The van der Waals surface area contributed by atoms with E-state index in [1.54, 1.807) is 19.2 Å². The number of aryl methyl sites for hydroxylation is 2. The topological polar surface area (TPSA) is 80.8 Å². The number of aromatic nitrogens is 3. The average molecular weight is 359 g/mol. The Bertz CT molecular complexity index is 1160. The zero-order valence-electron chi connectivity index (χ0n) is 16.6. The number of fused-ring (bicyclic) bond motifs is 1. The summed E-state index contributed by atoms with van der Waals surface area (Å²) in [6, 6.07) is 13.7. The lowest BCUT2D eigenvalue weighted by atomic mass is 10.1. The van der Waals surface area contributed by atoms with Crippen molar-refractivity contribution in [3.8, 4) is 11.3 Å². The summed E-state index contributed by atoms with van der Waals surface area (Å²) in [7, 11) is 3.67. The van der Waals surface area contributed by atoms with Crippen LogP contribution in [0, 0.1) is 6.92 Å². The van der Waals surface area contributed by atoms with E-state index in [0.29, 0.717) is 17.3 Å². The lowest BCUT2D eigenvalue weighted by Gasteiger charge is -2.11. The first-order valence-electron chi connectivity index (χ1n) is 9.16. The first-order valence-corrected chi connectivity index (χ1v) is 8.71. The lowest BCUT2D eigenvalue weighted by Crippen LogP contribution is -2.01. The molecule has 6 heteroatoms.